The summed E-state index contributed by atoms with van der Waals surface area (Å²) in [6, 6.07) is 8.82. The molecule has 0 bridgehead atoms. The average Bonchev–Trinajstić information content (AvgIpc) is 2.76. The van der Waals surface area contributed by atoms with Crippen LogP contribution < -0.4 is 5.32 Å². The van der Waals surface area contributed by atoms with Gasteiger partial charge in [0.2, 0.25) is 0 Å². The van der Waals surface area contributed by atoms with Gasteiger partial charge in [0.15, 0.2) is 4.34 Å². The molecule has 2 rings (SSSR count). The number of nitrogens with one attached hydrogen (secondary N) is 1. The third-order valence-electron chi connectivity index (χ3n) is 2.60. The van der Waals surface area contributed by atoms with Gasteiger partial charge in [-0.15, -0.1) is 10.2 Å². The Labute approximate surface area is 116 Å². The molecule has 0 aliphatic heterocycles. The van der Waals surface area contributed by atoms with Crippen molar-refractivity contribution < 1.29 is 0 Å². The highest BCUT2D eigenvalue weighted by Gasteiger charge is 2.11. The van der Waals surface area contributed by atoms with Crippen molar-refractivity contribution in [1.29, 1.82) is 0 Å². The lowest BCUT2D eigenvalue weighted by Gasteiger charge is -2.15. The zero-order valence-electron chi connectivity index (χ0n) is 10.8. The first-order valence-electron chi connectivity index (χ1n) is 6.01. The van der Waals surface area contributed by atoms with Gasteiger partial charge in [0.25, 0.3) is 0 Å². The number of hydrogen-bond donors (Lipinski definition) is 1. The molecule has 1 heterocycles. The van der Waals surface area contributed by atoms with Crippen LogP contribution in [-0.4, -0.2) is 16.7 Å². The lowest BCUT2D eigenvalue weighted by atomic mass is 10.1. The summed E-state index contributed by atoms with van der Waals surface area (Å²) in [4.78, 5) is 1.25. The van der Waals surface area contributed by atoms with E-state index in [2.05, 4.69) is 53.6 Å². The summed E-state index contributed by atoms with van der Waals surface area (Å²) in [5.74, 6) is 0. The Bertz CT molecular complexity index is 510. The van der Waals surface area contributed by atoms with E-state index in [4.69, 9.17) is 0 Å². The minimum Gasteiger partial charge on any atom is -0.310 e. The van der Waals surface area contributed by atoms with Gasteiger partial charge in [0.05, 0.1) is 0 Å². The SMILES string of the molecule is CCNC(C)c1ccccc1Sc1nnc(C)s1. The molecule has 5 heteroatoms. The predicted octanol–water partition coefficient (Wildman–Crippen LogP) is 3.67. The molecule has 96 valence electrons. The predicted molar refractivity (Wildman–Crippen MR) is 77.3 cm³/mol. The molecule has 3 nitrogen and oxygen atoms in total. The Morgan fingerprint density at radius 2 is 2.11 bits per heavy atom. The fourth-order valence-corrected chi connectivity index (χ4v) is 3.75. The van der Waals surface area contributed by atoms with E-state index in [1.165, 1.54) is 10.5 Å². The summed E-state index contributed by atoms with van der Waals surface area (Å²) in [5, 5.41) is 12.7. The number of benzene rings is 1. The number of aryl methyl sites for hydroxylation is 1. The van der Waals surface area contributed by atoms with Crippen LogP contribution >= 0.6 is 23.1 Å². The van der Waals surface area contributed by atoms with Crippen molar-refractivity contribution >= 4 is 23.1 Å². The summed E-state index contributed by atoms with van der Waals surface area (Å²) in [6.07, 6.45) is 0. The Balaban J connectivity index is 2.22. The molecule has 0 fully saturated rings. The Morgan fingerprint density at radius 3 is 2.78 bits per heavy atom. The van der Waals surface area contributed by atoms with Crippen molar-refractivity contribution in [3.05, 3.63) is 34.8 Å². The van der Waals surface area contributed by atoms with E-state index >= 15 is 0 Å². The average molecular weight is 279 g/mol. The highest BCUT2D eigenvalue weighted by molar-refractivity contribution is 8.01. The Morgan fingerprint density at radius 1 is 1.33 bits per heavy atom. The molecule has 0 saturated carbocycles. The monoisotopic (exact) mass is 279 g/mol. The van der Waals surface area contributed by atoms with Gasteiger partial charge in [-0.05, 0) is 32.0 Å². The first kappa shape index (κ1) is 13.5. The van der Waals surface area contributed by atoms with Gasteiger partial charge >= 0.3 is 0 Å². The molecule has 18 heavy (non-hydrogen) atoms. The summed E-state index contributed by atoms with van der Waals surface area (Å²) < 4.78 is 1.00. The van der Waals surface area contributed by atoms with Crippen LogP contribution in [0.4, 0.5) is 0 Å². The fraction of sp³-hybridized carbons (Fsp3) is 0.385. The quantitative estimate of drug-likeness (QED) is 0.906. The maximum absolute atomic E-state index is 4.17. The maximum atomic E-state index is 4.17. The van der Waals surface area contributed by atoms with Crippen LogP contribution in [0.15, 0.2) is 33.5 Å². The third kappa shape index (κ3) is 3.31. The van der Waals surface area contributed by atoms with Crippen molar-refractivity contribution in [2.24, 2.45) is 0 Å². The fourth-order valence-electron chi connectivity index (χ4n) is 1.76. The summed E-state index contributed by atoms with van der Waals surface area (Å²) in [5.41, 5.74) is 1.32. The molecule has 0 radical (unpaired) electrons. The third-order valence-corrected chi connectivity index (χ3v) is 4.58. The molecule has 2 aromatic rings. The van der Waals surface area contributed by atoms with Gasteiger partial charge in [0, 0.05) is 10.9 Å². The number of hydrogen-bond acceptors (Lipinski definition) is 5. The Hall–Kier alpha value is -0.910. The molecule has 0 amide bonds. The normalized spacial score (nSPS) is 12.6. The molecule has 1 atom stereocenters. The second-order valence-electron chi connectivity index (χ2n) is 4.01. The highest BCUT2D eigenvalue weighted by Crippen LogP contribution is 2.34. The van der Waals surface area contributed by atoms with Gasteiger partial charge in [-0.2, -0.15) is 0 Å². The van der Waals surface area contributed by atoms with E-state index in [0.29, 0.717) is 6.04 Å². The number of rotatable bonds is 5. The molecule has 1 aromatic heterocycles. The minimum atomic E-state index is 0.354. The van der Waals surface area contributed by atoms with E-state index in [9.17, 15) is 0 Å². The van der Waals surface area contributed by atoms with Crippen LogP contribution in [-0.2, 0) is 0 Å². The second-order valence-corrected chi connectivity index (χ2v) is 6.48. The van der Waals surface area contributed by atoms with Crippen LogP contribution in [0.1, 0.15) is 30.5 Å². The molecule has 1 unspecified atom stereocenters. The van der Waals surface area contributed by atoms with Crippen LogP contribution in [0.2, 0.25) is 0 Å². The lowest BCUT2D eigenvalue weighted by Crippen LogP contribution is -2.18. The van der Waals surface area contributed by atoms with E-state index in [1.54, 1.807) is 23.1 Å². The molecule has 0 saturated heterocycles. The van der Waals surface area contributed by atoms with Crippen LogP contribution in [0.25, 0.3) is 0 Å². The van der Waals surface area contributed by atoms with E-state index in [0.717, 1.165) is 15.9 Å². The van der Waals surface area contributed by atoms with Crippen molar-refractivity contribution in [3.8, 4) is 0 Å². The van der Waals surface area contributed by atoms with Crippen molar-refractivity contribution in [3.63, 3.8) is 0 Å². The van der Waals surface area contributed by atoms with Gasteiger partial charge < -0.3 is 5.32 Å². The van der Waals surface area contributed by atoms with Crippen LogP contribution in [0.5, 0.6) is 0 Å². The molecule has 0 spiro atoms. The topological polar surface area (TPSA) is 37.8 Å². The molecule has 1 N–H and O–H groups in total. The largest absolute Gasteiger partial charge is 0.310 e. The zero-order chi connectivity index (χ0) is 13.0. The van der Waals surface area contributed by atoms with Crippen molar-refractivity contribution in [2.45, 2.75) is 36.0 Å². The second kappa shape index (κ2) is 6.31. The first-order valence-corrected chi connectivity index (χ1v) is 7.64. The van der Waals surface area contributed by atoms with E-state index in [-0.39, 0.29) is 0 Å². The Kier molecular flexibility index (Phi) is 4.74. The summed E-state index contributed by atoms with van der Waals surface area (Å²) in [6.45, 7) is 7.27. The van der Waals surface area contributed by atoms with Gasteiger partial charge in [-0.1, -0.05) is 48.2 Å². The molecule has 0 aliphatic carbocycles. The minimum absolute atomic E-state index is 0.354. The number of aromatic nitrogens is 2. The smallest absolute Gasteiger partial charge is 0.179 e. The first-order chi connectivity index (χ1) is 8.70. The van der Waals surface area contributed by atoms with Gasteiger partial charge in [-0.25, -0.2) is 0 Å². The van der Waals surface area contributed by atoms with E-state index in [1.807, 2.05) is 6.92 Å². The van der Waals surface area contributed by atoms with Crippen molar-refractivity contribution in [2.75, 3.05) is 6.54 Å². The van der Waals surface area contributed by atoms with Crippen molar-refractivity contribution in [1.82, 2.24) is 15.5 Å². The molecular formula is C13H17N3S2. The zero-order valence-corrected chi connectivity index (χ0v) is 12.4. The summed E-state index contributed by atoms with van der Waals surface area (Å²) >= 11 is 3.33. The number of nitrogens with zero attached hydrogens (tertiary/aromatic N) is 2. The van der Waals surface area contributed by atoms with Gasteiger partial charge in [0.1, 0.15) is 5.01 Å². The molecule has 1 aromatic carbocycles. The lowest BCUT2D eigenvalue weighted by molar-refractivity contribution is 0.590. The standard InChI is InChI=1S/C13H17N3S2/c1-4-14-9(2)11-7-5-6-8-12(11)18-13-16-15-10(3)17-13/h5-9,14H,4H2,1-3H3. The van der Waals surface area contributed by atoms with E-state index < -0.39 is 0 Å². The van der Waals surface area contributed by atoms with Crippen LogP contribution in [0.3, 0.4) is 0 Å². The highest BCUT2D eigenvalue weighted by atomic mass is 32.2. The summed E-state index contributed by atoms with van der Waals surface area (Å²) in [7, 11) is 0. The maximum Gasteiger partial charge on any atom is 0.179 e. The van der Waals surface area contributed by atoms with Crippen LogP contribution in [0, 0.1) is 6.92 Å². The molecular weight excluding hydrogens is 262 g/mol. The molecule has 0 aliphatic rings. The van der Waals surface area contributed by atoms with Gasteiger partial charge in [-0.3, -0.25) is 0 Å².